The molecule has 0 saturated heterocycles. The molecule has 108 valence electrons. The molecule has 1 aliphatic heterocycles. The van der Waals surface area contributed by atoms with Gasteiger partial charge in [0, 0.05) is 37.8 Å². The Bertz CT molecular complexity index is 509. The molecular formula is C16H22N2O2. The summed E-state index contributed by atoms with van der Waals surface area (Å²) in [6.07, 6.45) is 3.31. The molecule has 0 atom stereocenters. The van der Waals surface area contributed by atoms with Crippen molar-refractivity contribution in [3.8, 4) is 5.75 Å². The molecular weight excluding hydrogens is 252 g/mol. The molecule has 1 aliphatic carbocycles. The molecule has 4 nitrogen and oxygen atoms in total. The van der Waals surface area contributed by atoms with Crippen LogP contribution in [0.5, 0.6) is 5.75 Å². The molecule has 0 N–H and O–H groups in total. The molecule has 0 bridgehead atoms. The lowest BCUT2D eigenvalue weighted by Crippen LogP contribution is -2.39. The first-order chi connectivity index (χ1) is 9.65. The molecule has 1 amide bonds. The lowest BCUT2D eigenvalue weighted by Gasteiger charge is -2.30. The second-order valence-corrected chi connectivity index (χ2v) is 5.92. The number of carbonyl (C=O) groups is 1. The fourth-order valence-electron chi connectivity index (χ4n) is 2.76. The van der Waals surface area contributed by atoms with Crippen LogP contribution in [0, 0.1) is 5.92 Å². The Morgan fingerprint density at radius 2 is 2.15 bits per heavy atom. The number of hydrogen-bond acceptors (Lipinski definition) is 3. The third-order valence-electron chi connectivity index (χ3n) is 4.31. The van der Waals surface area contributed by atoms with Gasteiger partial charge in [-0.15, -0.1) is 0 Å². The van der Waals surface area contributed by atoms with E-state index >= 15 is 0 Å². The van der Waals surface area contributed by atoms with Gasteiger partial charge >= 0.3 is 0 Å². The Morgan fingerprint density at radius 3 is 2.80 bits per heavy atom. The molecule has 0 spiro atoms. The van der Waals surface area contributed by atoms with Crippen molar-refractivity contribution < 1.29 is 9.53 Å². The molecule has 1 aromatic carbocycles. The summed E-state index contributed by atoms with van der Waals surface area (Å²) >= 11 is 0. The maximum absolute atomic E-state index is 12.4. The van der Waals surface area contributed by atoms with E-state index in [2.05, 4.69) is 17.0 Å². The Labute approximate surface area is 120 Å². The minimum Gasteiger partial charge on any atom is -0.491 e. The maximum atomic E-state index is 12.4. The lowest BCUT2D eigenvalue weighted by molar-refractivity contribution is -0.138. The Kier molecular flexibility index (Phi) is 3.55. The summed E-state index contributed by atoms with van der Waals surface area (Å²) in [6.45, 7) is 1.96. The monoisotopic (exact) mass is 274 g/mol. The summed E-state index contributed by atoms with van der Waals surface area (Å²) in [4.78, 5) is 16.5. The van der Waals surface area contributed by atoms with E-state index in [1.165, 1.54) is 6.42 Å². The SMILES string of the molecule is CN(C)c1ccc2c(c1)CN(C(=O)C1CCC1)CCO2. The van der Waals surface area contributed by atoms with Gasteiger partial charge in [-0.1, -0.05) is 6.42 Å². The van der Waals surface area contributed by atoms with Gasteiger partial charge in [-0.3, -0.25) is 4.79 Å². The van der Waals surface area contributed by atoms with Crippen LogP contribution in [0.4, 0.5) is 5.69 Å². The van der Waals surface area contributed by atoms with Crippen molar-refractivity contribution in [3.63, 3.8) is 0 Å². The number of carbonyl (C=O) groups excluding carboxylic acids is 1. The number of fused-ring (bicyclic) bond motifs is 1. The topological polar surface area (TPSA) is 32.8 Å². The van der Waals surface area contributed by atoms with E-state index < -0.39 is 0 Å². The van der Waals surface area contributed by atoms with Gasteiger partial charge in [0.25, 0.3) is 0 Å². The highest BCUT2D eigenvalue weighted by Gasteiger charge is 2.30. The molecule has 4 heteroatoms. The van der Waals surface area contributed by atoms with Crippen LogP contribution in [0.3, 0.4) is 0 Å². The van der Waals surface area contributed by atoms with Crippen molar-refractivity contribution in [3.05, 3.63) is 23.8 Å². The number of anilines is 1. The van der Waals surface area contributed by atoms with E-state index in [-0.39, 0.29) is 5.92 Å². The van der Waals surface area contributed by atoms with E-state index in [0.717, 1.165) is 29.8 Å². The highest BCUT2D eigenvalue weighted by Crippen LogP contribution is 2.31. The standard InChI is InChI=1S/C16H22N2O2/c1-17(2)14-6-7-15-13(10-14)11-18(8-9-20-15)16(19)12-4-3-5-12/h6-7,10,12H,3-5,8-9,11H2,1-2H3. The highest BCUT2D eigenvalue weighted by atomic mass is 16.5. The summed E-state index contributed by atoms with van der Waals surface area (Å²) in [5.74, 6) is 1.48. The van der Waals surface area contributed by atoms with Crippen LogP contribution in [0.1, 0.15) is 24.8 Å². The number of benzene rings is 1. The second kappa shape index (κ2) is 5.35. The molecule has 20 heavy (non-hydrogen) atoms. The van der Waals surface area contributed by atoms with Crippen molar-refractivity contribution in [2.24, 2.45) is 5.92 Å². The van der Waals surface area contributed by atoms with Crippen LogP contribution >= 0.6 is 0 Å². The average Bonchev–Trinajstić information content (AvgIpc) is 2.57. The van der Waals surface area contributed by atoms with E-state index in [1.807, 2.05) is 25.1 Å². The summed E-state index contributed by atoms with van der Waals surface area (Å²) in [5.41, 5.74) is 2.26. The van der Waals surface area contributed by atoms with Crippen LogP contribution < -0.4 is 9.64 Å². The normalized spacial score (nSPS) is 18.6. The van der Waals surface area contributed by atoms with Crippen LogP contribution in [0.15, 0.2) is 18.2 Å². The van der Waals surface area contributed by atoms with Crippen LogP contribution in [0.2, 0.25) is 0 Å². The predicted molar refractivity (Wildman–Crippen MR) is 79.0 cm³/mol. The van der Waals surface area contributed by atoms with Crippen molar-refractivity contribution in [2.75, 3.05) is 32.1 Å². The number of rotatable bonds is 2. The fourth-order valence-corrected chi connectivity index (χ4v) is 2.76. The van der Waals surface area contributed by atoms with E-state index in [4.69, 9.17) is 4.74 Å². The molecule has 0 aromatic heterocycles. The molecule has 1 saturated carbocycles. The Hall–Kier alpha value is -1.71. The fraction of sp³-hybridized carbons (Fsp3) is 0.562. The number of amides is 1. The summed E-state index contributed by atoms with van der Waals surface area (Å²) < 4.78 is 5.78. The first kappa shape index (κ1) is 13.3. The van der Waals surface area contributed by atoms with Gasteiger partial charge in [-0.05, 0) is 31.0 Å². The first-order valence-corrected chi connectivity index (χ1v) is 7.37. The Balaban J connectivity index is 1.81. The van der Waals surface area contributed by atoms with Gasteiger partial charge in [-0.25, -0.2) is 0 Å². The van der Waals surface area contributed by atoms with Gasteiger partial charge in [-0.2, -0.15) is 0 Å². The predicted octanol–water partition coefficient (Wildman–Crippen LogP) is 2.27. The average molecular weight is 274 g/mol. The van der Waals surface area contributed by atoms with Gasteiger partial charge in [0.15, 0.2) is 0 Å². The minimum absolute atomic E-state index is 0.258. The van der Waals surface area contributed by atoms with Crippen molar-refractivity contribution in [2.45, 2.75) is 25.8 Å². The Morgan fingerprint density at radius 1 is 1.35 bits per heavy atom. The van der Waals surface area contributed by atoms with E-state index in [0.29, 0.717) is 25.6 Å². The van der Waals surface area contributed by atoms with Crippen molar-refractivity contribution in [1.29, 1.82) is 0 Å². The summed E-state index contributed by atoms with van der Waals surface area (Å²) in [5, 5.41) is 0. The number of nitrogens with zero attached hydrogens (tertiary/aromatic N) is 2. The smallest absolute Gasteiger partial charge is 0.226 e. The van der Waals surface area contributed by atoms with Gasteiger partial charge in [0.2, 0.25) is 5.91 Å². The van der Waals surface area contributed by atoms with Gasteiger partial charge in [0.1, 0.15) is 12.4 Å². The summed E-state index contributed by atoms with van der Waals surface area (Å²) in [7, 11) is 4.05. The third kappa shape index (κ3) is 2.47. The van der Waals surface area contributed by atoms with Gasteiger partial charge in [0.05, 0.1) is 6.54 Å². The quantitative estimate of drug-likeness (QED) is 0.829. The zero-order chi connectivity index (χ0) is 14.1. The van der Waals surface area contributed by atoms with E-state index in [9.17, 15) is 4.79 Å². The van der Waals surface area contributed by atoms with Crippen LogP contribution in [-0.2, 0) is 11.3 Å². The van der Waals surface area contributed by atoms with Gasteiger partial charge < -0.3 is 14.5 Å². The van der Waals surface area contributed by atoms with Crippen molar-refractivity contribution in [1.82, 2.24) is 4.90 Å². The molecule has 2 aliphatic rings. The number of ether oxygens (including phenoxy) is 1. The zero-order valence-electron chi connectivity index (χ0n) is 12.3. The molecule has 0 radical (unpaired) electrons. The molecule has 3 rings (SSSR count). The van der Waals surface area contributed by atoms with Crippen molar-refractivity contribution >= 4 is 11.6 Å². The minimum atomic E-state index is 0.258. The maximum Gasteiger partial charge on any atom is 0.226 e. The van der Waals surface area contributed by atoms with Crippen LogP contribution in [-0.4, -0.2) is 38.1 Å². The lowest BCUT2D eigenvalue weighted by atomic mass is 9.84. The molecule has 1 fully saturated rings. The summed E-state index contributed by atoms with van der Waals surface area (Å²) in [6, 6.07) is 6.20. The zero-order valence-corrected chi connectivity index (χ0v) is 12.3. The highest BCUT2D eigenvalue weighted by molar-refractivity contribution is 5.79. The van der Waals surface area contributed by atoms with Crippen LogP contribution in [0.25, 0.3) is 0 Å². The first-order valence-electron chi connectivity index (χ1n) is 7.37. The molecule has 0 unspecified atom stereocenters. The molecule has 1 heterocycles. The van der Waals surface area contributed by atoms with E-state index in [1.54, 1.807) is 0 Å². The second-order valence-electron chi connectivity index (χ2n) is 5.92. The molecule has 1 aromatic rings. The third-order valence-corrected chi connectivity index (χ3v) is 4.31. The largest absolute Gasteiger partial charge is 0.491 e. The number of hydrogen-bond donors (Lipinski definition) is 0.